The number of aliphatic carboxylic acids is 2. The maximum Gasteiger partial charge on any atom is 0.300 e. The molecule has 3 aromatic heterocycles. The van der Waals surface area contributed by atoms with Crippen molar-refractivity contribution in [3.05, 3.63) is 65.2 Å². The van der Waals surface area contributed by atoms with E-state index in [1.807, 2.05) is 11.7 Å². The van der Waals surface area contributed by atoms with Crippen LogP contribution in [0.2, 0.25) is 0 Å². The average Bonchev–Trinajstić information content (AvgIpc) is 3.61. The van der Waals surface area contributed by atoms with Crippen LogP contribution >= 0.6 is 0 Å². The number of hydrogen-bond donors (Lipinski definition) is 4. The van der Waals surface area contributed by atoms with Crippen molar-refractivity contribution in [3.63, 3.8) is 0 Å². The zero-order valence-electron chi connectivity index (χ0n) is 25.3. The molecule has 228 valence electrons. The molecule has 0 saturated heterocycles. The third-order valence-corrected chi connectivity index (χ3v) is 7.31. The van der Waals surface area contributed by atoms with Crippen LogP contribution in [-0.2, 0) is 42.6 Å². The molecule has 0 spiro atoms. The number of anilines is 2. The number of nitrogens with zero attached hydrogens (tertiary/aromatic N) is 5. The second kappa shape index (κ2) is 12.2. The molecule has 4 heterocycles. The lowest BCUT2D eigenvalue weighted by Gasteiger charge is -2.22. The minimum Gasteiger partial charge on any atom is -0.481 e. The van der Waals surface area contributed by atoms with Crippen molar-refractivity contribution in [1.29, 1.82) is 0 Å². The Morgan fingerprint density at radius 3 is 2.39 bits per heavy atom. The highest BCUT2D eigenvalue weighted by atomic mass is 16.4. The number of carbonyl (C=O) groups is 3. The summed E-state index contributed by atoms with van der Waals surface area (Å²) in [6.45, 7) is 8.11. The number of nitrogens with one attached hydrogen (secondary N) is 2. The summed E-state index contributed by atoms with van der Waals surface area (Å²) in [5.74, 6) is -0.622. The highest BCUT2D eigenvalue weighted by Gasteiger charge is 2.35. The van der Waals surface area contributed by atoms with Gasteiger partial charge in [-0.25, -0.2) is 9.97 Å². The number of carboxylic acids is 2. The van der Waals surface area contributed by atoms with Crippen molar-refractivity contribution in [2.24, 2.45) is 13.0 Å². The molecule has 12 nitrogen and oxygen atoms in total. The molecular weight excluding hydrogens is 562 g/mol. The van der Waals surface area contributed by atoms with Gasteiger partial charge in [0.2, 0.25) is 5.95 Å². The molecule has 2 aromatic carbocycles. The van der Waals surface area contributed by atoms with E-state index >= 15 is 0 Å². The molecule has 44 heavy (non-hydrogen) atoms. The van der Waals surface area contributed by atoms with Crippen molar-refractivity contribution in [1.82, 2.24) is 29.6 Å². The average molecular weight is 598 g/mol. The lowest BCUT2D eigenvalue weighted by molar-refractivity contribution is -0.135. The fraction of sp³-hybridized carbons (Fsp3) is 0.312. The largest absolute Gasteiger partial charge is 0.481 e. The van der Waals surface area contributed by atoms with E-state index in [2.05, 4.69) is 63.4 Å². The van der Waals surface area contributed by atoms with Gasteiger partial charge < -0.3 is 25.4 Å². The highest BCUT2D eigenvalue weighted by Crippen LogP contribution is 2.47. The standard InChI is InChI=1S/C28H27N7O.2C2H4O2/c1-15(2)13-35-22-8-5-16(32-28-29-9-4-10-30-28)11-18(22)24-19-12-31-27(36)25(19)23-17(26(24)35)6-7-21-20(23)14-34(3)33-21;2*1-2(3)4/h4-5,8-11,14-15H,6-7,12-13H2,1-3H3,(H,31,36)(H,29,30,32);2*1H3,(H,3,4). The molecule has 0 saturated carbocycles. The molecule has 5 aromatic rings. The minimum atomic E-state index is -0.833. The topological polar surface area (TPSA) is 164 Å². The molecular formula is C32H35N7O5. The molecule has 1 amide bonds. The van der Waals surface area contributed by atoms with Crippen LogP contribution in [0.15, 0.2) is 42.9 Å². The van der Waals surface area contributed by atoms with Gasteiger partial charge in [-0.15, -0.1) is 0 Å². The Labute approximate surface area is 253 Å². The molecule has 2 aliphatic rings. The van der Waals surface area contributed by atoms with Gasteiger partial charge in [-0.2, -0.15) is 5.10 Å². The van der Waals surface area contributed by atoms with Gasteiger partial charge in [0.1, 0.15) is 0 Å². The van der Waals surface area contributed by atoms with Gasteiger partial charge in [0.15, 0.2) is 0 Å². The number of benzene rings is 2. The van der Waals surface area contributed by atoms with Gasteiger partial charge >= 0.3 is 0 Å². The van der Waals surface area contributed by atoms with Gasteiger partial charge in [0.25, 0.3) is 17.8 Å². The van der Waals surface area contributed by atoms with Crippen LogP contribution in [0, 0.1) is 5.92 Å². The Bertz CT molecular complexity index is 1890. The van der Waals surface area contributed by atoms with Gasteiger partial charge in [-0.1, -0.05) is 13.8 Å². The number of aromatic nitrogens is 5. The molecule has 4 N–H and O–H groups in total. The van der Waals surface area contributed by atoms with Crippen molar-refractivity contribution < 1.29 is 24.6 Å². The predicted molar refractivity (Wildman–Crippen MR) is 167 cm³/mol. The zero-order chi connectivity index (χ0) is 31.7. The normalized spacial score (nSPS) is 12.8. The second-order valence-corrected chi connectivity index (χ2v) is 11.2. The maximum atomic E-state index is 13.3. The lowest BCUT2D eigenvalue weighted by atomic mass is 9.82. The van der Waals surface area contributed by atoms with Crippen molar-refractivity contribution >= 4 is 51.3 Å². The fourth-order valence-corrected chi connectivity index (χ4v) is 6.04. The Morgan fingerprint density at radius 1 is 1.05 bits per heavy atom. The van der Waals surface area contributed by atoms with Gasteiger partial charge in [-0.05, 0) is 54.2 Å². The van der Waals surface area contributed by atoms with Crippen LogP contribution in [0.1, 0.15) is 54.9 Å². The van der Waals surface area contributed by atoms with E-state index in [1.54, 1.807) is 18.5 Å². The molecule has 0 unspecified atom stereocenters. The summed E-state index contributed by atoms with van der Waals surface area (Å²) in [5.41, 5.74) is 9.79. The van der Waals surface area contributed by atoms with E-state index in [0.29, 0.717) is 18.4 Å². The summed E-state index contributed by atoms with van der Waals surface area (Å²) >= 11 is 0. The minimum absolute atomic E-state index is 0.0107. The van der Waals surface area contributed by atoms with Crippen LogP contribution in [0.4, 0.5) is 11.6 Å². The predicted octanol–water partition coefficient (Wildman–Crippen LogP) is 4.91. The van der Waals surface area contributed by atoms with Crippen molar-refractivity contribution in [3.8, 4) is 11.1 Å². The summed E-state index contributed by atoms with van der Waals surface area (Å²) in [6, 6.07) is 8.25. The van der Waals surface area contributed by atoms with E-state index in [1.165, 1.54) is 22.0 Å². The molecule has 12 heteroatoms. The molecule has 7 rings (SSSR count). The number of aryl methyl sites for hydroxylation is 3. The number of amides is 1. The summed E-state index contributed by atoms with van der Waals surface area (Å²) in [4.78, 5) is 39.9. The number of carbonyl (C=O) groups excluding carboxylic acids is 1. The second-order valence-electron chi connectivity index (χ2n) is 11.2. The highest BCUT2D eigenvalue weighted by molar-refractivity contribution is 6.20. The van der Waals surface area contributed by atoms with E-state index in [4.69, 9.17) is 24.9 Å². The quantitative estimate of drug-likeness (QED) is 0.225. The van der Waals surface area contributed by atoms with E-state index in [0.717, 1.165) is 72.3 Å². The van der Waals surface area contributed by atoms with Crippen LogP contribution in [0.5, 0.6) is 0 Å². The molecule has 0 radical (unpaired) electrons. The molecule has 0 fully saturated rings. The summed E-state index contributed by atoms with van der Waals surface area (Å²) in [5, 5.41) is 28.3. The third kappa shape index (κ3) is 5.83. The molecule has 1 aliphatic heterocycles. The first-order valence-electron chi connectivity index (χ1n) is 14.3. The Hall–Kier alpha value is -5.26. The van der Waals surface area contributed by atoms with E-state index < -0.39 is 11.9 Å². The van der Waals surface area contributed by atoms with Crippen molar-refractivity contribution in [2.45, 2.75) is 53.6 Å². The van der Waals surface area contributed by atoms with Gasteiger partial charge in [0.05, 0.1) is 16.8 Å². The Morgan fingerprint density at radius 2 is 1.73 bits per heavy atom. The zero-order valence-corrected chi connectivity index (χ0v) is 25.3. The monoisotopic (exact) mass is 597 g/mol. The number of fused-ring (bicyclic) bond motifs is 10. The number of carboxylic acid groups (broad SMARTS) is 2. The summed E-state index contributed by atoms with van der Waals surface area (Å²) in [7, 11) is 1.96. The van der Waals surface area contributed by atoms with E-state index in [9.17, 15) is 4.79 Å². The van der Waals surface area contributed by atoms with Gasteiger partial charge in [0, 0.05) is 85.7 Å². The molecule has 0 bridgehead atoms. The summed E-state index contributed by atoms with van der Waals surface area (Å²) in [6.07, 6.45) is 7.27. The van der Waals surface area contributed by atoms with Crippen LogP contribution in [0.3, 0.4) is 0 Å². The molecule has 0 atom stereocenters. The van der Waals surface area contributed by atoms with Crippen LogP contribution in [0.25, 0.3) is 32.9 Å². The smallest absolute Gasteiger partial charge is 0.300 e. The number of hydrogen-bond acceptors (Lipinski definition) is 7. The first-order valence-corrected chi connectivity index (χ1v) is 14.3. The third-order valence-electron chi connectivity index (χ3n) is 7.31. The van der Waals surface area contributed by atoms with Crippen LogP contribution in [-0.4, -0.2) is 52.4 Å². The molecule has 1 aliphatic carbocycles. The maximum absolute atomic E-state index is 13.3. The van der Waals surface area contributed by atoms with Crippen LogP contribution < -0.4 is 10.6 Å². The number of rotatable bonds is 4. The van der Waals surface area contributed by atoms with Crippen molar-refractivity contribution in [2.75, 3.05) is 5.32 Å². The van der Waals surface area contributed by atoms with E-state index in [-0.39, 0.29) is 5.91 Å². The summed E-state index contributed by atoms with van der Waals surface area (Å²) < 4.78 is 4.35. The lowest BCUT2D eigenvalue weighted by Crippen LogP contribution is -2.15. The fourth-order valence-electron chi connectivity index (χ4n) is 6.04. The Kier molecular flexibility index (Phi) is 8.34. The first-order chi connectivity index (χ1) is 21.0. The first kappa shape index (κ1) is 30.2. The SMILES string of the molecule is CC(=O)O.CC(=O)O.CC(C)Cn1c2ccc(Nc3ncccn3)cc2c2c3c(c4c(c21)CCc1nn(C)cc1-4)C(=O)NC3. The Balaban J connectivity index is 0.000000432. The van der Waals surface area contributed by atoms with Gasteiger partial charge in [-0.3, -0.25) is 19.1 Å².